The second kappa shape index (κ2) is 7.47. The van der Waals surface area contributed by atoms with E-state index in [-0.39, 0.29) is 40.9 Å². The Hall–Kier alpha value is -1.53. The van der Waals surface area contributed by atoms with Crippen molar-refractivity contribution in [3.8, 4) is 0 Å². The van der Waals surface area contributed by atoms with E-state index in [1.807, 2.05) is 0 Å². The number of nitrogens with one attached hydrogen (secondary N) is 1. The Morgan fingerprint density at radius 2 is 2.00 bits per heavy atom. The topological polar surface area (TPSA) is 55.4 Å². The summed E-state index contributed by atoms with van der Waals surface area (Å²) < 4.78 is 19.6. The van der Waals surface area contributed by atoms with Crippen molar-refractivity contribution in [3.05, 3.63) is 35.1 Å². The van der Waals surface area contributed by atoms with Gasteiger partial charge >= 0.3 is 0 Å². The Morgan fingerprint density at radius 3 is 2.59 bits per heavy atom. The molecule has 6 heteroatoms. The van der Waals surface area contributed by atoms with Crippen molar-refractivity contribution in [1.29, 1.82) is 0 Å². The summed E-state index contributed by atoms with van der Waals surface area (Å²) in [6, 6.07) is 4.25. The maximum Gasteiger partial charge on any atom is 0.225 e. The van der Waals surface area contributed by atoms with Crippen LogP contribution in [0.1, 0.15) is 43.1 Å². The molecule has 0 saturated carbocycles. The summed E-state index contributed by atoms with van der Waals surface area (Å²) >= 11 is 0. The van der Waals surface area contributed by atoms with Crippen LogP contribution in [0.4, 0.5) is 4.39 Å². The number of aryl methyl sites for hydroxylation is 1. The van der Waals surface area contributed by atoms with E-state index >= 15 is 0 Å². The minimum absolute atomic E-state index is 0.00217. The van der Waals surface area contributed by atoms with E-state index in [1.165, 1.54) is 12.1 Å². The number of rotatable bonds is 5. The maximum absolute atomic E-state index is 13.7. The normalized spacial score (nSPS) is 26.4. The lowest BCUT2D eigenvalue weighted by Crippen LogP contribution is -2.67. The highest BCUT2D eigenvalue weighted by Gasteiger charge is 2.53. The van der Waals surface area contributed by atoms with E-state index in [9.17, 15) is 14.0 Å². The monoisotopic (exact) mass is 390 g/mol. The van der Waals surface area contributed by atoms with Gasteiger partial charge in [-0.15, -0.1) is 0 Å². The first kappa shape index (κ1) is 20.2. The average molecular weight is 391 g/mol. The predicted octanol–water partition coefficient (Wildman–Crippen LogP) is 3.62. The van der Waals surface area contributed by atoms with Gasteiger partial charge in [0.25, 0.3) is 0 Å². The Morgan fingerprint density at radius 1 is 1.30 bits per heavy atom. The van der Waals surface area contributed by atoms with Crippen LogP contribution in [0, 0.1) is 29.0 Å². The van der Waals surface area contributed by atoms with E-state index in [4.69, 9.17) is 4.43 Å². The van der Waals surface area contributed by atoms with Crippen LogP contribution in [0.5, 0.6) is 0 Å². The number of carbonyl (C=O) groups excluding carboxylic acids is 2. The minimum atomic E-state index is -0.860. The summed E-state index contributed by atoms with van der Waals surface area (Å²) in [7, 11) is -0.860. The predicted molar refractivity (Wildman–Crippen MR) is 104 cm³/mol. The summed E-state index contributed by atoms with van der Waals surface area (Å²) in [6.07, 6.45) is 1.42. The maximum atomic E-state index is 13.7. The van der Waals surface area contributed by atoms with Gasteiger partial charge in [0.1, 0.15) is 5.82 Å². The van der Waals surface area contributed by atoms with Gasteiger partial charge in [-0.2, -0.15) is 0 Å². The van der Waals surface area contributed by atoms with Crippen molar-refractivity contribution in [2.24, 2.45) is 23.2 Å². The van der Waals surface area contributed by atoms with Gasteiger partial charge in [-0.25, -0.2) is 4.39 Å². The molecule has 0 aromatic heterocycles. The summed E-state index contributed by atoms with van der Waals surface area (Å²) in [6.45, 7) is 11.1. The summed E-state index contributed by atoms with van der Waals surface area (Å²) in [5, 5.41) is 2.98. The Kier molecular flexibility index (Phi) is 5.59. The molecule has 147 valence electrons. The summed E-state index contributed by atoms with van der Waals surface area (Å²) in [4.78, 5) is 25.5. The molecule has 1 radical (unpaired) electrons. The minimum Gasteiger partial charge on any atom is -0.417 e. The van der Waals surface area contributed by atoms with Crippen molar-refractivity contribution < 1.29 is 18.4 Å². The van der Waals surface area contributed by atoms with E-state index in [1.54, 1.807) is 6.07 Å². The summed E-state index contributed by atoms with van der Waals surface area (Å²) in [5.41, 5.74) is 1.27. The third-order valence-electron chi connectivity index (χ3n) is 5.93. The lowest BCUT2D eigenvalue weighted by Gasteiger charge is -2.49. The third-order valence-corrected chi connectivity index (χ3v) is 6.67. The number of hydrogen-bond acceptors (Lipinski definition) is 3. The number of benzene rings is 1. The van der Waals surface area contributed by atoms with Gasteiger partial charge in [0.05, 0.1) is 12.0 Å². The van der Waals surface area contributed by atoms with E-state index in [0.29, 0.717) is 18.6 Å². The van der Waals surface area contributed by atoms with Crippen molar-refractivity contribution in [3.63, 3.8) is 0 Å². The van der Waals surface area contributed by atoms with Crippen LogP contribution in [-0.2, 0) is 15.6 Å². The van der Waals surface area contributed by atoms with E-state index in [0.717, 1.165) is 12.0 Å². The molecule has 2 aliphatic rings. The van der Waals surface area contributed by atoms with Gasteiger partial charge in [0.2, 0.25) is 14.9 Å². The highest BCUT2D eigenvalue weighted by atomic mass is 28.3. The van der Waals surface area contributed by atoms with Gasteiger partial charge in [0.15, 0.2) is 5.78 Å². The molecule has 1 N–H and O–H groups in total. The van der Waals surface area contributed by atoms with Crippen LogP contribution in [0.3, 0.4) is 0 Å². The molecule has 4 nitrogen and oxygen atoms in total. The SMILES string of the molecule is C[Si](C)OC[C@H]([C@@H]1C(=O)N[C@@H]1[C@H]1CCc2ccc(F)cc2C1=O)C(C)(C)C. The first-order valence-electron chi connectivity index (χ1n) is 9.65. The smallest absolute Gasteiger partial charge is 0.225 e. The van der Waals surface area contributed by atoms with Crippen molar-refractivity contribution in [1.82, 2.24) is 5.32 Å². The molecule has 0 spiro atoms. The molecule has 4 atom stereocenters. The molecular formula is C21H29FNO3Si. The molecule has 1 aromatic carbocycles. The molecule has 1 aliphatic heterocycles. The number of hydrogen-bond donors (Lipinski definition) is 1. The fourth-order valence-electron chi connectivity index (χ4n) is 4.33. The first-order valence-corrected chi connectivity index (χ1v) is 12.1. The molecule has 1 amide bonds. The fraction of sp³-hybridized carbons (Fsp3) is 0.619. The molecule has 1 fully saturated rings. The largest absolute Gasteiger partial charge is 0.417 e. The van der Waals surface area contributed by atoms with E-state index in [2.05, 4.69) is 39.2 Å². The quantitative estimate of drug-likeness (QED) is 0.617. The van der Waals surface area contributed by atoms with Crippen LogP contribution < -0.4 is 5.32 Å². The number of amides is 1. The number of Topliss-reactive ketones (excluding diaryl/α,β-unsaturated/α-hetero) is 1. The highest BCUT2D eigenvalue weighted by Crippen LogP contribution is 2.42. The standard InChI is InChI=1S/C21H29FNO3Si/c1-21(2,3)16(11-26-27(4)5)17-18(23-20(17)25)14-9-7-12-6-8-13(22)10-15(12)19(14)24/h6,8,10,14,16-18H,7,9,11H2,1-5H3,(H,23,25)/t14-,16-,17+,18-/m1/s1. The van der Waals surface area contributed by atoms with Gasteiger partial charge in [-0.3, -0.25) is 9.59 Å². The number of ketones is 1. The second-order valence-electron chi connectivity index (χ2n) is 9.06. The number of carbonyl (C=O) groups is 2. The average Bonchev–Trinajstić information content (AvgIpc) is 2.56. The second-order valence-corrected chi connectivity index (χ2v) is 11.2. The van der Waals surface area contributed by atoms with Gasteiger partial charge < -0.3 is 9.74 Å². The molecule has 1 aliphatic carbocycles. The Balaban J connectivity index is 1.84. The van der Waals surface area contributed by atoms with Crippen molar-refractivity contribution >= 4 is 20.7 Å². The van der Waals surface area contributed by atoms with Crippen LogP contribution in [0.2, 0.25) is 13.1 Å². The molecule has 1 saturated heterocycles. The van der Waals surface area contributed by atoms with Gasteiger partial charge in [-0.05, 0) is 55.0 Å². The van der Waals surface area contributed by atoms with Crippen LogP contribution in [0.25, 0.3) is 0 Å². The zero-order valence-corrected chi connectivity index (χ0v) is 17.8. The Labute approximate surface area is 162 Å². The summed E-state index contributed by atoms with van der Waals surface area (Å²) in [5.74, 6) is -0.927. The lowest BCUT2D eigenvalue weighted by atomic mass is 9.62. The fourth-order valence-corrected chi connectivity index (χ4v) is 4.84. The molecule has 0 bridgehead atoms. The number of β-lactam (4-membered cyclic amide) rings is 1. The van der Waals surface area contributed by atoms with Crippen molar-refractivity contribution in [2.75, 3.05) is 6.61 Å². The molecule has 0 unspecified atom stereocenters. The van der Waals surface area contributed by atoms with Gasteiger partial charge in [-0.1, -0.05) is 26.8 Å². The molecule has 1 heterocycles. The highest BCUT2D eigenvalue weighted by molar-refractivity contribution is 6.48. The van der Waals surface area contributed by atoms with E-state index < -0.39 is 14.9 Å². The zero-order valence-electron chi connectivity index (χ0n) is 16.8. The molecular weight excluding hydrogens is 361 g/mol. The van der Waals surface area contributed by atoms with Crippen LogP contribution in [-0.4, -0.2) is 33.4 Å². The molecule has 3 rings (SSSR count). The van der Waals surface area contributed by atoms with Crippen molar-refractivity contribution in [2.45, 2.75) is 52.7 Å². The lowest BCUT2D eigenvalue weighted by molar-refractivity contribution is -0.143. The van der Waals surface area contributed by atoms with Crippen LogP contribution in [0.15, 0.2) is 18.2 Å². The van der Waals surface area contributed by atoms with Crippen LogP contribution >= 0.6 is 0 Å². The molecule has 1 aromatic rings. The number of fused-ring (bicyclic) bond motifs is 1. The first-order chi connectivity index (χ1) is 12.6. The third kappa shape index (κ3) is 4.01. The molecule has 27 heavy (non-hydrogen) atoms. The number of halogens is 1. The zero-order chi connectivity index (χ0) is 19.9. The van der Waals surface area contributed by atoms with Gasteiger partial charge in [0, 0.05) is 18.1 Å². The Bertz CT molecular complexity index is 743.